The zero-order chi connectivity index (χ0) is 13.3. The standard InChI is InChI=1S/C14H20ClN3O/c15-11-3-1-7-17-13(11)12(18-16)10-4-8-19-14(9-10)5-2-6-14/h1,3,7,10,12,18H,2,4-6,8-9,16H2. The number of hydrazine groups is 1. The summed E-state index contributed by atoms with van der Waals surface area (Å²) in [6.45, 7) is 0.813. The smallest absolute Gasteiger partial charge is 0.0775 e. The van der Waals surface area contributed by atoms with Gasteiger partial charge in [-0.15, -0.1) is 0 Å². The molecule has 5 heteroatoms. The second kappa shape index (κ2) is 5.37. The van der Waals surface area contributed by atoms with Crippen molar-refractivity contribution < 1.29 is 4.74 Å². The molecule has 2 unspecified atom stereocenters. The lowest BCUT2D eigenvalue weighted by Gasteiger charge is -2.48. The maximum Gasteiger partial charge on any atom is 0.0775 e. The Bertz CT molecular complexity index is 450. The average molecular weight is 282 g/mol. The molecule has 1 saturated heterocycles. The molecular weight excluding hydrogens is 262 g/mol. The summed E-state index contributed by atoms with van der Waals surface area (Å²) in [6, 6.07) is 3.72. The van der Waals surface area contributed by atoms with Crippen molar-refractivity contribution in [1.29, 1.82) is 0 Å². The highest BCUT2D eigenvalue weighted by molar-refractivity contribution is 6.31. The molecule has 2 aliphatic rings. The minimum absolute atomic E-state index is 0.00933. The fraction of sp³-hybridized carbons (Fsp3) is 0.643. The van der Waals surface area contributed by atoms with E-state index in [1.54, 1.807) is 6.20 Å². The third-order valence-electron chi connectivity index (χ3n) is 4.53. The molecule has 2 atom stereocenters. The third-order valence-corrected chi connectivity index (χ3v) is 4.85. The molecule has 104 valence electrons. The van der Waals surface area contributed by atoms with E-state index in [0.717, 1.165) is 25.1 Å². The first-order valence-electron chi connectivity index (χ1n) is 6.95. The number of nitrogens with zero attached hydrogens (tertiary/aromatic N) is 1. The fourth-order valence-electron chi connectivity index (χ4n) is 3.33. The van der Waals surface area contributed by atoms with Gasteiger partial charge in [0.25, 0.3) is 0 Å². The van der Waals surface area contributed by atoms with Gasteiger partial charge >= 0.3 is 0 Å². The van der Waals surface area contributed by atoms with Gasteiger partial charge in [-0.3, -0.25) is 16.3 Å². The Kier molecular flexibility index (Phi) is 3.76. The van der Waals surface area contributed by atoms with Crippen molar-refractivity contribution in [3.05, 3.63) is 29.0 Å². The van der Waals surface area contributed by atoms with Crippen molar-refractivity contribution >= 4 is 11.6 Å². The summed E-state index contributed by atoms with van der Waals surface area (Å²) >= 11 is 6.25. The first-order valence-corrected chi connectivity index (χ1v) is 7.32. The maximum absolute atomic E-state index is 6.25. The lowest BCUT2D eigenvalue weighted by Crippen LogP contribution is -2.48. The highest BCUT2D eigenvalue weighted by Crippen LogP contribution is 2.47. The van der Waals surface area contributed by atoms with Crippen LogP contribution >= 0.6 is 11.6 Å². The normalized spacial score (nSPS) is 26.9. The summed E-state index contributed by atoms with van der Waals surface area (Å²) in [6.07, 6.45) is 7.45. The molecule has 0 aromatic carbocycles. The third kappa shape index (κ3) is 2.50. The Morgan fingerprint density at radius 2 is 2.37 bits per heavy atom. The molecule has 3 rings (SSSR count). The molecule has 1 aliphatic heterocycles. The van der Waals surface area contributed by atoms with E-state index in [0.29, 0.717) is 10.9 Å². The van der Waals surface area contributed by atoms with Gasteiger partial charge in [-0.2, -0.15) is 0 Å². The molecule has 0 amide bonds. The molecular formula is C14H20ClN3O. The van der Waals surface area contributed by atoms with E-state index in [1.165, 1.54) is 19.3 Å². The van der Waals surface area contributed by atoms with Crippen LogP contribution in [0, 0.1) is 5.92 Å². The molecule has 1 saturated carbocycles. The highest BCUT2D eigenvalue weighted by atomic mass is 35.5. The van der Waals surface area contributed by atoms with Gasteiger partial charge < -0.3 is 4.74 Å². The quantitative estimate of drug-likeness (QED) is 0.660. The van der Waals surface area contributed by atoms with Crippen molar-refractivity contribution in [1.82, 2.24) is 10.4 Å². The summed E-state index contributed by atoms with van der Waals surface area (Å²) in [5.74, 6) is 6.20. The first kappa shape index (κ1) is 13.3. The molecule has 1 spiro atoms. The lowest BCUT2D eigenvalue weighted by molar-refractivity contribution is -0.147. The Labute approximate surface area is 118 Å². The van der Waals surface area contributed by atoms with Crippen molar-refractivity contribution in [2.75, 3.05) is 6.61 Å². The molecule has 2 fully saturated rings. The van der Waals surface area contributed by atoms with Crippen LogP contribution in [0.4, 0.5) is 0 Å². The van der Waals surface area contributed by atoms with Crippen molar-refractivity contribution in [2.45, 2.75) is 43.7 Å². The van der Waals surface area contributed by atoms with Gasteiger partial charge in [-0.05, 0) is 50.2 Å². The molecule has 1 aliphatic carbocycles. The van der Waals surface area contributed by atoms with Gasteiger partial charge in [-0.1, -0.05) is 11.6 Å². The van der Waals surface area contributed by atoms with Gasteiger partial charge in [0.2, 0.25) is 0 Å². The molecule has 1 aromatic rings. The summed E-state index contributed by atoms with van der Waals surface area (Å²) < 4.78 is 5.97. The van der Waals surface area contributed by atoms with Crippen LogP contribution in [0.25, 0.3) is 0 Å². The largest absolute Gasteiger partial charge is 0.375 e. The summed E-state index contributed by atoms with van der Waals surface area (Å²) in [7, 11) is 0. The van der Waals surface area contributed by atoms with Crippen LogP contribution in [0.2, 0.25) is 5.02 Å². The summed E-state index contributed by atoms with van der Waals surface area (Å²) in [4.78, 5) is 4.40. The second-order valence-corrected chi connectivity index (χ2v) is 6.06. The van der Waals surface area contributed by atoms with Crippen LogP contribution < -0.4 is 11.3 Å². The zero-order valence-corrected chi connectivity index (χ0v) is 11.7. The molecule has 2 heterocycles. The number of hydrogen-bond donors (Lipinski definition) is 2. The van der Waals surface area contributed by atoms with E-state index in [1.807, 2.05) is 12.1 Å². The van der Waals surface area contributed by atoms with Gasteiger partial charge in [0.1, 0.15) is 0 Å². The average Bonchev–Trinajstić information content (AvgIpc) is 2.40. The van der Waals surface area contributed by atoms with Crippen molar-refractivity contribution in [2.24, 2.45) is 11.8 Å². The SMILES string of the molecule is NNC(c1ncccc1Cl)C1CCOC2(CCC2)C1. The van der Waals surface area contributed by atoms with Crippen LogP contribution in [0.1, 0.15) is 43.8 Å². The Hall–Kier alpha value is -0.680. The van der Waals surface area contributed by atoms with E-state index >= 15 is 0 Å². The number of aromatic nitrogens is 1. The first-order chi connectivity index (χ1) is 9.24. The summed E-state index contributed by atoms with van der Waals surface area (Å²) in [5, 5.41) is 0.680. The van der Waals surface area contributed by atoms with Crippen molar-refractivity contribution in [3.63, 3.8) is 0 Å². The Morgan fingerprint density at radius 1 is 1.53 bits per heavy atom. The number of ether oxygens (including phenoxy) is 1. The minimum atomic E-state index is 0.00933. The van der Waals surface area contributed by atoms with Gasteiger partial charge in [0.15, 0.2) is 0 Å². The number of pyridine rings is 1. The van der Waals surface area contributed by atoms with Gasteiger partial charge in [-0.25, -0.2) is 0 Å². The van der Waals surface area contributed by atoms with Crippen LogP contribution in [-0.2, 0) is 4.74 Å². The fourth-order valence-corrected chi connectivity index (χ4v) is 3.57. The Balaban J connectivity index is 1.80. The molecule has 19 heavy (non-hydrogen) atoms. The predicted octanol–water partition coefficient (Wildman–Crippen LogP) is 2.59. The molecule has 1 aromatic heterocycles. The van der Waals surface area contributed by atoms with E-state index < -0.39 is 0 Å². The monoisotopic (exact) mass is 281 g/mol. The molecule has 0 bridgehead atoms. The van der Waals surface area contributed by atoms with Crippen LogP contribution in [0.5, 0.6) is 0 Å². The van der Waals surface area contributed by atoms with Gasteiger partial charge in [0, 0.05) is 12.8 Å². The number of hydrogen-bond acceptors (Lipinski definition) is 4. The van der Waals surface area contributed by atoms with Crippen LogP contribution in [0.3, 0.4) is 0 Å². The van der Waals surface area contributed by atoms with Crippen LogP contribution in [0.15, 0.2) is 18.3 Å². The minimum Gasteiger partial charge on any atom is -0.375 e. The lowest BCUT2D eigenvalue weighted by atomic mass is 9.70. The van der Waals surface area contributed by atoms with Crippen molar-refractivity contribution in [3.8, 4) is 0 Å². The number of nitrogens with two attached hydrogens (primary N) is 1. The zero-order valence-electron chi connectivity index (χ0n) is 10.9. The highest BCUT2D eigenvalue weighted by Gasteiger charge is 2.44. The van der Waals surface area contributed by atoms with E-state index in [9.17, 15) is 0 Å². The topological polar surface area (TPSA) is 60.2 Å². The summed E-state index contributed by atoms with van der Waals surface area (Å²) in [5.41, 5.74) is 3.88. The van der Waals surface area contributed by atoms with Gasteiger partial charge in [0.05, 0.1) is 22.4 Å². The molecule has 0 radical (unpaired) electrons. The van der Waals surface area contributed by atoms with E-state index in [-0.39, 0.29) is 11.6 Å². The van der Waals surface area contributed by atoms with Crippen LogP contribution in [-0.4, -0.2) is 17.2 Å². The predicted molar refractivity (Wildman–Crippen MR) is 74.6 cm³/mol. The number of nitrogens with one attached hydrogen (secondary N) is 1. The maximum atomic E-state index is 6.25. The number of rotatable bonds is 3. The molecule has 4 nitrogen and oxygen atoms in total. The van der Waals surface area contributed by atoms with E-state index in [4.69, 9.17) is 22.2 Å². The van der Waals surface area contributed by atoms with E-state index in [2.05, 4.69) is 10.4 Å². The number of halogens is 1. The Morgan fingerprint density at radius 3 is 3.00 bits per heavy atom. The second-order valence-electron chi connectivity index (χ2n) is 5.65. The molecule has 3 N–H and O–H groups in total.